The molecule has 35 heavy (non-hydrogen) atoms. The number of aliphatic hydroxyl groups is 1. The summed E-state index contributed by atoms with van der Waals surface area (Å²) in [7, 11) is 1.80. The van der Waals surface area contributed by atoms with Crippen molar-refractivity contribution in [2.45, 2.75) is 86.1 Å². The molecular weight excluding hydrogens is 456 g/mol. The smallest absolute Gasteiger partial charge is 0.171 e. The Labute approximate surface area is 214 Å². The van der Waals surface area contributed by atoms with Crippen LogP contribution in [-0.4, -0.2) is 48.7 Å². The summed E-state index contributed by atoms with van der Waals surface area (Å²) in [6, 6.07) is 9.06. The lowest BCUT2D eigenvalue weighted by molar-refractivity contribution is -0.208. The van der Waals surface area contributed by atoms with E-state index in [0.29, 0.717) is 31.5 Å². The van der Waals surface area contributed by atoms with Crippen molar-refractivity contribution in [2.24, 2.45) is 17.3 Å². The molecule has 3 saturated carbocycles. The third kappa shape index (κ3) is 3.37. The van der Waals surface area contributed by atoms with Gasteiger partial charge in [-0.15, -0.1) is 18.2 Å². The van der Waals surface area contributed by atoms with Gasteiger partial charge in [-0.1, -0.05) is 30.6 Å². The maximum absolute atomic E-state index is 12.1. The van der Waals surface area contributed by atoms with Gasteiger partial charge in [0.05, 0.1) is 18.8 Å². The van der Waals surface area contributed by atoms with E-state index >= 15 is 0 Å². The lowest BCUT2D eigenvalue weighted by Crippen LogP contribution is -2.55. The highest BCUT2D eigenvalue weighted by Gasteiger charge is 2.65. The van der Waals surface area contributed by atoms with Crippen LogP contribution in [0.4, 0.5) is 0 Å². The first-order chi connectivity index (χ1) is 16.8. The van der Waals surface area contributed by atoms with Crippen molar-refractivity contribution in [1.29, 1.82) is 0 Å². The second-order valence-electron chi connectivity index (χ2n) is 11.7. The molecule has 6 rings (SSSR count). The van der Waals surface area contributed by atoms with E-state index in [2.05, 4.69) is 43.4 Å². The topological polar surface area (TPSA) is 47.9 Å². The van der Waals surface area contributed by atoms with Crippen molar-refractivity contribution >= 4 is 11.8 Å². The minimum Gasteiger partial charge on any atom is -0.385 e. The van der Waals surface area contributed by atoms with Crippen molar-refractivity contribution in [3.63, 3.8) is 0 Å². The number of ether oxygens (including phenoxy) is 3. The molecule has 0 aromatic heterocycles. The normalized spacial score (nSPS) is 41.9. The van der Waals surface area contributed by atoms with Crippen LogP contribution in [-0.2, 0) is 14.2 Å². The molecule has 1 N–H and O–H groups in total. The number of hydrogen-bond acceptors (Lipinski definition) is 5. The average Bonchev–Trinajstić information content (AvgIpc) is 3.44. The fourth-order valence-electron chi connectivity index (χ4n) is 8.77. The number of terminal acetylenes is 1. The van der Waals surface area contributed by atoms with Gasteiger partial charge in [0, 0.05) is 36.2 Å². The summed E-state index contributed by atoms with van der Waals surface area (Å²) < 4.78 is 18.3. The van der Waals surface area contributed by atoms with Crippen LogP contribution in [0.15, 0.2) is 40.3 Å². The first-order valence-electron chi connectivity index (χ1n) is 13.2. The molecule has 1 aromatic rings. The van der Waals surface area contributed by atoms with E-state index in [-0.39, 0.29) is 11.3 Å². The molecule has 0 radical (unpaired) electrons. The highest BCUT2D eigenvalue weighted by Crippen LogP contribution is 2.68. The van der Waals surface area contributed by atoms with Crippen LogP contribution < -0.4 is 0 Å². The van der Waals surface area contributed by atoms with Gasteiger partial charge in [-0.25, -0.2) is 0 Å². The second kappa shape index (κ2) is 8.36. The Morgan fingerprint density at radius 3 is 2.51 bits per heavy atom. The Hall–Kier alpha value is -1.29. The summed E-state index contributed by atoms with van der Waals surface area (Å²) in [5.41, 5.74) is 2.63. The van der Waals surface area contributed by atoms with Crippen molar-refractivity contribution < 1.29 is 19.3 Å². The van der Waals surface area contributed by atoms with Crippen LogP contribution in [0.25, 0.3) is 0 Å². The van der Waals surface area contributed by atoms with Crippen LogP contribution in [0.1, 0.15) is 69.8 Å². The number of thioether (sulfide) groups is 1. The van der Waals surface area contributed by atoms with Gasteiger partial charge in [0.25, 0.3) is 0 Å². The molecule has 4 fully saturated rings. The Balaban J connectivity index is 1.49. The standard InChI is InChI=1S/C30H38O4S/c1-5-29(32-3)14-11-24-22-10-13-28(31)19-30(33-16-17-34-30)15-12-25(28)26(22)23(18-27(24,29)2)20-6-8-21(35-4)9-7-20/h1,6-9,22-24,31H,10-19H2,2-4H3/t22-,23+,24-,27-,28+,29-/m0/s1. The van der Waals surface area contributed by atoms with E-state index in [4.69, 9.17) is 20.6 Å². The Bertz CT molecular complexity index is 1070. The van der Waals surface area contributed by atoms with Gasteiger partial charge >= 0.3 is 0 Å². The van der Waals surface area contributed by atoms with Crippen LogP contribution in [0, 0.1) is 29.6 Å². The predicted molar refractivity (Wildman–Crippen MR) is 138 cm³/mol. The first-order valence-corrected chi connectivity index (χ1v) is 14.5. The summed E-state index contributed by atoms with van der Waals surface area (Å²) in [5, 5.41) is 12.1. The number of fused-ring (bicyclic) bond motifs is 4. The summed E-state index contributed by atoms with van der Waals surface area (Å²) in [6.45, 7) is 3.64. The maximum atomic E-state index is 12.1. The fraction of sp³-hybridized carbons (Fsp3) is 0.667. The van der Waals surface area contributed by atoms with Gasteiger partial charge in [-0.3, -0.25) is 0 Å². The number of hydrogen-bond donors (Lipinski definition) is 1. The molecule has 188 valence electrons. The fourth-order valence-corrected chi connectivity index (χ4v) is 9.18. The van der Waals surface area contributed by atoms with E-state index in [1.165, 1.54) is 21.6 Å². The lowest BCUT2D eigenvalue weighted by Gasteiger charge is -2.57. The van der Waals surface area contributed by atoms with Crippen molar-refractivity contribution in [3.05, 3.63) is 41.0 Å². The van der Waals surface area contributed by atoms with Crippen molar-refractivity contribution in [2.75, 3.05) is 26.6 Å². The third-order valence-corrected chi connectivity index (χ3v) is 11.2. The molecule has 1 aliphatic heterocycles. The van der Waals surface area contributed by atoms with Gasteiger partial charge in [0.15, 0.2) is 5.79 Å². The predicted octanol–water partition coefficient (Wildman–Crippen LogP) is 5.70. The SMILES string of the molecule is C#C[C@]1(OC)CC[C@H]2[C@@H]3CC[C@@]4(O)CC5(CCC4=C3[C@@H](c3ccc(SC)cc3)C[C@@]21C)OCCO5. The van der Waals surface area contributed by atoms with Crippen LogP contribution in [0.3, 0.4) is 0 Å². The van der Waals surface area contributed by atoms with E-state index in [1.807, 2.05) is 0 Å². The molecule has 1 aromatic carbocycles. The van der Waals surface area contributed by atoms with Crippen LogP contribution >= 0.6 is 11.8 Å². The van der Waals surface area contributed by atoms with Gasteiger partial charge < -0.3 is 19.3 Å². The number of methoxy groups -OCH3 is 1. The Kier molecular flexibility index (Phi) is 5.75. The highest BCUT2D eigenvalue weighted by atomic mass is 32.2. The molecule has 0 amide bonds. The maximum Gasteiger partial charge on any atom is 0.171 e. The highest BCUT2D eigenvalue weighted by molar-refractivity contribution is 7.98. The van der Waals surface area contributed by atoms with Gasteiger partial charge in [0.1, 0.15) is 5.60 Å². The molecule has 1 heterocycles. The molecule has 5 aliphatic rings. The largest absolute Gasteiger partial charge is 0.385 e. The van der Waals surface area contributed by atoms with E-state index in [0.717, 1.165) is 44.9 Å². The molecule has 1 saturated heterocycles. The van der Waals surface area contributed by atoms with Gasteiger partial charge in [-0.2, -0.15) is 0 Å². The molecular formula is C30H38O4S. The molecule has 0 bridgehead atoms. The van der Waals surface area contributed by atoms with E-state index in [9.17, 15) is 5.11 Å². The minimum absolute atomic E-state index is 0.100. The third-order valence-electron chi connectivity index (χ3n) is 10.4. The monoisotopic (exact) mass is 494 g/mol. The van der Waals surface area contributed by atoms with Gasteiger partial charge in [-0.05, 0) is 79.9 Å². The molecule has 0 unspecified atom stereocenters. The zero-order valence-electron chi connectivity index (χ0n) is 21.3. The molecule has 1 spiro atoms. The van der Waals surface area contributed by atoms with Crippen molar-refractivity contribution in [3.8, 4) is 12.3 Å². The molecule has 4 aliphatic carbocycles. The van der Waals surface area contributed by atoms with Crippen molar-refractivity contribution in [1.82, 2.24) is 0 Å². The Morgan fingerprint density at radius 2 is 1.86 bits per heavy atom. The van der Waals surface area contributed by atoms with Crippen LogP contribution in [0.5, 0.6) is 0 Å². The minimum atomic E-state index is -0.845. The number of benzene rings is 1. The summed E-state index contributed by atoms with van der Waals surface area (Å²) in [6.07, 6.45) is 15.2. The average molecular weight is 495 g/mol. The number of rotatable bonds is 3. The zero-order valence-corrected chi connectivity index (χ0v) is 22.1. The zero-order chi connectivity index (χ0) is 24.5. The lowest BCUT2D eigenvalue weighted by atomic mass is 9.49. The second-order valence-corrected chi connectivity index (χ2v) is 12.5. The quantitative estimate of drug-likeness (QED) is 0.332. The number of allylic oxidation sites excluding steroid dienone is 1. The van der Waals surface area contributed by atoms with Crippen LogP contribution in [0.2, 0.25) is 0 Å². The molecule has 6 atom stereocenters. The summed E-state index contributed by atoms with van der Waals surface area (Å²) in [4.78, 5) is 1.27. The first kappa shape index (κ1) is 24.1. The summed E-state index contributed by atoms with van der Waals surface area (Å²) >= 11 is 1.77. The Morgan fingerprint density at radius 1 is 1.11 bits per heavy atom. The van der Waals surface area contributed by atoms with Gasteiger partial charge in [0.2, 0.25) is 0 Å². The summed E-state index contributed by atoms with van der Waals surface area (Å²) in [5.74, 6) is 3.66. The van der Waals surface area contributed by atoms with E-state index in [1.54, 1.807) is 18.9 Å². The molecule has 4 nitrogen and oxygen atoms in total. The molecule has 5 heteroatoms. The van der Waals surface area contributed by atoms with E-state index < -0.39 is 17.0 Å².